The first kappa shape index (κ1) is 14.1. The van der Waals surface area contributed by atoms with Gasteiger partial charge in [-0.2, -0.15) is 0 Å². The van der Waals surface area contributed by atoms with Gasteiger partial charge in [-0.1, -0.05) is 6.07 Å². The van der Waals surface area contributed by atoms with E-state index in [0.29, 0.717) is 5.82 Å². The van der Waals surface area contributed by atoms with E-state index in [1.165, 1.54) is 12.0 Å². The van der Waals surface area contributed by atoms with Gasteiger partial charge in [-0.05, 0) is 19.1 Å². The number of anilines is 1. The Kier molecular flexibility index (Phi) is 5.26. The summed E-state index contributed by atoms with van der Waals surface area (Å²) in [7, 11) is 1.31. The van der Waals surface area contributed by atoms with Crippen molar-refractivity contribution in [3.8, 4) is 0 Å². The summed E-state index contributed by atoms with van der Waals surface area (Å²) < 4.78 is 4.55. The van der Waals surface area contributed by atoms with Gasteiger partial charge in [0.1, 0.15) is 5.82 Å². The summed E-state index contributed by atoms with van der Waals surface area (Å²) in [5.41, 5.74) is 5.58. The van der Waals surface area contributed by atoms with E-state index in [1.807, 2.05) is 0 Å². The van der Waals surface area contributed by atoms with Crippen molar-refractivity contribution in [1.29, 1.82) is 0 Å². The molecule has 1 aromatic rings. The number of carbonyl (C=O) groups excluding carboxylic acids is 2. The number of rotatable bonds is 5. The highest BCUT2D eigenvalue weighted by Crippen LogP contribution is 2.11. The standard InChI is InChI=1S/C12H17N3O3/c1-9(13)12(17)15(8-6-11(16)18-2)10-5-3-4-7-14-10/h3-5,7,9H,6,8,13H2,1-2H3/t9-/m0/s1. The summed E-state index contributed by atoms with van der Waals surface area (Å²) in [5.74, 6) is -0.185. The van der Waals surface area contributed by atoms with Crippen molar-refractivity contribution < 1.29 is 14.3 Å². The fraction of sp³-hybridized carbons (Fsp3) is 0.417. The third-order valence-electron chi connectivity index (χ3n) is 2.35. The molecule has 6 heteroatoms. The van der Waals surface area contributed by atoms with Crippen molar-refractivity contribution in [2.45, 2.75) is 19.4 Å². The Morgan fingerprint density at radius 1 is 1.50 bits per heavy atom. The van der Waals surface area contributed by atoms with Gasteiger partial charge in [0.25, 0.3) is 0 Å². The SMILES string of the molecule is COC(=O)CCN(C(=O)[C@H](C)N)c1ccccn1. The van der Waals surface area contributed by atoms with Gasteiger partial charge in [0, 0.05) is 12.7 Å². The van der Waals surface area contributed by atoms with Crippen LogP contribution in [0.5, 0.6) is 0 Å². The monoisotopic (exact) mass is 251 g/mol. The highest BCUT2D eigenvalue weighted by molar-refractivity contribution is 5.96. The topological polar surface area (TPSA) is 85.5 Å². The van der Waals surface area contributed by atoms with Crippen LogP contribution in [0, 0.1) is 0 Å². The Morgan fingerprint density at radius 2 is 2.22 bits per heavy atom. The minimum Gasteiger partial charge on any atom is -0.469 e. The summed E-state index contributed by atoms with van der Waals surface area (Å²) in [4.78, 5) is 28.6. The molecular weight excluding hydrogens is 234 g/mol. The first-order chi connectivity index (χ1) is 8.56. The summed E-state index contributed by atoms with van der Waals surface area (Å²) in [6, 6.07) is 4.56. The lowest BCUT2D eigenvalue weighted by Crippen LogP contribution is -2.43. The molecule has 1 atom stereocenters. The number of esters is 1. The first-order valence-electron chi connectivity index (χ1n) is 5.61. The van der Waals surface area contributed by atoms with Crippen LogP contribution in [0.25, 0.3) is 0 Å². The molecule has 18 heavy (non-hydrogen) atoms. The van der Waals surface area contributed by atoms with E-state index < -0.39 is 6.04 Å². The third-order valence-corrected chi connectivity index (χ3v) is 2.35. The molecule has 98 valence electrons. The highest BCUT2D eigenvalue weighted by atomic mass is 16.5. The van der Waals surface area contributed by atoms with Gasteiger partial charge in [-0.25, -0.2) is 4.98 Å². The highest BCUT2D eigenvalue weighted by Gasteiger charge is 2.20. The average molecular weight is 251 g/mol. The van der Waals surface area contributed by atoms with E-state index in [4.69, 9.17) is 5.73 Å². The smallest absolute Gasteiger partial charge is 0.307 e. The lowest BCUT2D eigenvalue weighted by Gasteiger charge is -2.22. The summed E-state index contributed by atoms with van der Waals surface area (Å²) in [6.07, 6.45) is 1.68. The quantitative estimate of drug-likeness (QED) is 0.762. The molecule has 0 aliphatic carbocycles. The number of nitrogens with two attached hydrogens (primary N) is 1. The van der Waals surface area contributed by atoms with Gasteiger partial charge < -0.3 is 10.5 Å². The van der Waals surface area contributed by atoms with Gasteiger partial charge in [-0.3, -0.25) is 14.5 Å². The molecule has 0 aliphatic rings. The molecule has 0 saturated heterocycles. The molecule has 0 aliphatic heterocycles. The Morgan fingerprint density at radius 3 is 2.72 bits per heavy atom. The van der Waals surface area contributed by atoms with E-state index in [-0.39, 0.29) is 24.8 Å². The fourth-order valence-corrected chi connectivity index (χ4v) is 1.40. The van der Waals surface area contributed by atoms with Gasteiger partial charge in [-0.15, -0.1) is 0 Å². The van der Waals surface area contributed by atoms with Gasteiger partial charge in [0.15, 0.2) is 0 Å². The second-order valence-electron chi connectivity index (χ2n) is 3.79. The molecule has 6 nitrogen and oxygen atoms in total. The zero-order valence-corrected chi connectivity index (χ0v) is 10.5. The summed E-state index contributed by atoms with van der Waals surface area (Å²) >= 11 is 0. The van der Waals surface area contributed by atoms with Gasteiger partial charge in [0.2, 0.25) is 5.91 Å². The predicted molar refractivity (Wildman–Crippen MR) is 66.9 cm³/mol. The number of carbonyl (C=O) groups is 2. The normalized spacial score (nSPS) is 11.7. The number of pyridine rings is 1. The van der Waals surface area contributed by atoms with E-state index in [2.05, 4.69) is 9.72 Å². The second kappa shape index (κ2) is 6.70. The number of hydrogen-bond acceptors (Lipinski definition) is 5. The lowest BCUT2D eigenvalue weighted by molar-refractivity contribution is -0.140. The molecule has 0 bridgehead atoms. The Balaban J connectivity index is 2.83. The fourth-order valence-electron chi connectivity index (χ4n) is 1.40. The molecule has 0 unspecified atom stereocenters. The third kappa shape index (κ3) is 3.81. The molecular formula is C12H17N3O3. The van der Waals surface area contributed by atoms with Crippen LogP contribution in [0.4, 0.5) is 5.82 Å². The Hall–Kier alpha value is -1.95. The van der Waals surface area contributed by atoms with Crippen molar-refractivity contribution in [2.75, 3.05) is 18.6 Å². The molecule has 1 heterocycles. The maximum Gasteiger partial charge on any atom is 0.307 e. The molecule has 0 spiro atoms. The molecule has 1 aromatic heterocycles. The first-order valence-corrected chi connectivity index (χ1v) is 5.61. The zero-order valence-electron chi connectivity index (χ0n) is 10.5. The van der Waals surface area contributed by atoms with Gasteiger partial charge in [0.05, 0.1) is 19.6 Å². The molecule has 1 rings (SSSR count). The molecule has 0 fully saturated rings. The van der Waals surface area contributed by atoms with Crippen molar-refractivity contribution >= 4 is 17.7 Å². The van der Waals surface area contributed by atoms with Crippen LogP contribution in [0.3, 0.4) is 0 Å². The van der Waals surface area contributed by atoms with Crippen molar-refractivity contribution in [2.24, 2.45) is 5.73 Å². The lowest BCUT2D eigenvalue weighted by atomic mass is 10.2. The molecule has 0 aromatic carbocycles. The molecule has 2 N–H and O–H groups in total. The van der Waals surface area contributed by atoms with Crippen LogP contribution in [0.15, 0.2) is 24.4 Å². The number of nitrogens with zero attached hydrogens (tertiary/aromatic N) is 2. The van der Waals surface area contributed by atoms with E-state index in [1.54, 1.807) is 31.3 Å². The summed E-state index contributed by atoms with van der Waals surface area (Å²) in [6.45, 7) is 1.79. The second-order valence-corrected chi connectivity index (χ2v) is 3.79. The Labute approximate surface area is 106 Å². The number of methoxy groups -OCH3 is 1. The number of aromatic nitrogens is 1. The minimum atomic E-state index is -0.648. The van der Waals surface area contributed by atoms with Crippen LogP contribution in [0.2, 0.25) is 0 Å². The van der Waals surface area contributed by atoms with Crippen LogP contribution in [0.1, 0.15) is 13.3 Å². The van der Waals surface area contributed by atoms with E-state index >= 15 is 0 Å². The van der Waals surface area contributed by atoms with Crippen LogP contribution < -0.4 is 10.6 Å². The number of amides is 1. The summed E-state index contributed by atoms with van der Waals surface area (Å²) in [5, 5.41) is 0. The number of hydrogen-bond donors (Lipinski definition) is 1. The van der Waals surface area contributed by atoms with Gasteiger partial charge >= 0.3 is 5.97 Å². The molecule has 0 saturated carbocycles. The molecule has 0 radical (unpaired) electrons. The number of ether oxygens (including phenoxy) is 1. The largest absolute Gasteiger partial charge is 0.469 e. The molecule has 1 amide bonds. The maximum absolute atomic E-state index is 12.0. The maximum atomic E-state index is 12.0. The zero-order chi connectivity index (χ0) is 13.5. The van der Waals surface area contributed by atoms with E-state index in [0.717, 1.165) is 0 Å². The van der Waals surface area contributed by atoms with Crippen LogP contribution >= 0.6 is 0 Å². The average Bonchev–Trinajstić information content (AvgIpc) is 2.39. The van der Waals surface area contributed by atoms with Crippen molar-refractivity contribution in [3.63, 3.8) is 0 Å². The Bertz CT molecular complexity index is 406. The van der Waals surface area contributed by atoms with E-state index in [9.17, 15) is 9.59 Å². The van der Waals surface area contributed by atoms with Crippen molar-refractivity contribution in [3.05, 3.63) is 24.4 Å². The minimum absolute atomic E-state index is 0.103. The predicted octanol–water partition coefficient (Wildman–Crippen LogP) is 0.325. The van der Waals surface area contributed by atoms with Crippen LogP contribution in [-0.4, -0.2) is 36.6 Å². The van der Waals surface area contributed by atoms with Crippen LogP contribution in [-0.2, 0) is 14.3 Å². The van der Waals surface area contributed by atoms with Crippen molar-refractivity contribution in [1.82, 2.24) is 4.98 Å².